The Morgan fingerprint density at radius 3 is 2.69 bits per heavy atom. The fourth-order valence-corrected chi connectivity index (χ4v) is 2.82. The van der Waals surface area contributed by atoms with Gasteiger partial charge in [-0.15, -0.1) is 0 Å². The minimum Gasteiger partial charge on any atom is -0.396 e. The van der Waals surface area contributed by atoms with Crippen LogP contribution in [0.25, 0.3) is 0 Å². The summed E-state index contributed by atoms with van der Waals surface area (Å²) >= 11 is 0. The van der Waals surface area contributed by atoms with Gasteiger partial charge in [-0.05, 0) is 31.6 Å². The first-order chi connectivity index (χ1) is 7.53. The average molecular weight is 228 g/mol. The van der Waals surface area contributed by atoms with E-state index in [1.807, 2.05) is 0 Å². The van der Waals surface area contributed by atoms with Gasteiger partial charge in [0.2, 0.25) is 0 Å². The zero-order valence-electron chi connectivity index (χ0n) is 11.0. The molecule has 1 aliphatic carbocycles. The van der Waals surface area contributed by atoms with Crippen molar-refractivity contribution >= 4 is 0 Å². The zero-order chi connectivity index (χ0) is 12.2. The van der Waals surface area contributed by atoms with Crippen LogP contribution in [0, 0.1) is 11.8 Å². The Labute approximate surface area is 99.8 Å². The van der Waals surface area contributed by atoms with E-state index in [-0.39, 0.29) is 12.1 Å². The van der Waals surface area contributed by atoms with Crippen molar-refractivity contribution < 1.29 is 5.11 Å². The second-order valence-corrected chi connectivity index (χ2v) is 5.78. The Hall–Kier alpha value is -0.120. The second kappa shape index (κ2) is 5.99. The molecule has 3 nitrogen and oxygen atoms in total. The molecule has 96 valence electrons. The van der Waals surface area contributed by atoms with Gasteiger partial charge in [-0.2, -0.15) is 0 Å². The molecule has 4 unspecified atom stereocenters. The zero-order valence-corrected chi connectivity index (χ0v) is 11.0. The first-order valence-corrected chi connectivity index (χ1v) is 6.61. The van der Waals surface area contributed by atoms with Crippen molar-refractivity contribution in [3.63, 3.8) is 0 Å². The van der Waals surface area contributed by atoms with Gasteiger partial charge in [0.05, 0.1) is 0 Å². The summed E-state index contributed by atoms with van der Waals surface area (Å²) in [6.45, 7) is 7.49. The van der Waals surface area contributed by atoms with E-state index in [0.717, 1.165) is 5.92 Å². The first-order valence-electron chi connectivity index (χ1n) is 6.61. The van der Waals surface area contributed by atoms with Gasteiger partial charge in [-0.25, -0.2) is 0 Å². The van der Waals surface area contributed by atoms with Gasteiger partial charge in [0.25, 0.3) is 0 Å². The number of rotatable bonds is 5. The fraction of sp³-hybridized carbons (Fsp3) is 1.00. The predicted octanol–water partition coefficient (Wildman–Crippen LogP) is 1.50. The van der Waals surface area contributed by atoms with Gasteiger partial charge >= 0.3 is 0 Å². The molecule has 0 aromatic heterocycles. The maximum absolute atomic E-state index is 9.17. The molecule has 0 aliphatic heterocycles. The normalized spacial score (nSPS) is 34.7. The lowest BCUT2D eigenvalue weighted by Crippen LogP contribution is -2.58. The molecule has 0 aromatic rings. The molecular formula is C13H28N2O. The standard InChI is InChI=1S/C13H28N2O/c1-10-5-4-6-13(7-10,9-14)15-12(3)11(2)8-16/h10-12,15-16H,4-9,14H2,1-3H3. The van der Waals surface area contributed by atoms with Crippen LogP contribution in [0.15, 0.2) is 0 Å². The number of aliphatic hydroxyl groups excluding tert-OH is 1. The maximum Gasteiger partial charge on any atom is 0.0471 e. The number of nitrogens with two attached hydrogens (primary N) is 1. The van der Waals surface area contributed by atoms with Crippen molar-refractivity contribution in [2.45, 2.75) is 58.0 Å². The smallest absolute Gasteiger partial charge is 0.0471 e. The van der Waals surface area contributed by atoms with Gasteiger partial charge in [0.1, 0.15) is 0 Å². The van der Waals surface area contributed by atoms with Gasteiger partial charge in [-0.1, -0.05) is 26.7 Å². The topological polar surface area (TPSA) is 58.3 Å². The Balaban J connectivity index is 2.58. The van der Waals surface area contributed by atoms with Crippen LogP contribution < -0.4 is 11.1 Å². The molecular weight excluding hydrogens is 200 g/mol. The van der Waals surface area contributed by atoms with E-state index in [1.165, 1.54) is 25.7 Å². The molecule has 0 bridgehead atoms. The Morgan fingerprint density at radius 2 is 2.19 bits per heavy atom. The van der Waals surface area contributed by atoms with Crippen molar-refractivity contribution in [3.8, 4) is 0 Å². The highest BCUT2D eigenvalue weighted by Gasteiger charge is 2.35. The van der Waals surface area contributed by atoms with Crippen molar-refractivity contribution in [1.29, 1.82) is 0 Å². The molecule has 0 heterocycles. The highest BCUT2D eigenvalue weighted by molar-refractivity contribution is 4.95. The molecule has 1 saturated carbocycles. The molecule has 4 atom stereocenters. The van der Waals surface area contributed by atoms with Gasteiger partial charge in [0, 0.05) is 24.7 Å². The molecule has 0 aromatic carbocycles. The monoisotopic (exact) mass is 228 g/mol. The highest BCUT2D eigenvalue weighted by Crippen LogP contribution is 2.32. The number of hydrogen-bond acceptors (Lipinski definition) is 3. The summed E-state index contributed by atoms with van der Waals surface area (Å²) < 4.78 is 0. The third-order valence-electron chi connectivity index (χ3n) is 4.16. The first kappa shape index (κ1) is 13.9. The average Bonchev–Trinajstić information content (AvgIpc) is 2.27. The van der Waals surface area contributed by atoms with E-state index in [0.29, 0.717) is 18.5 Å². The minimum absolute atomic E-state index is 0.112. The van der Waals surface area contributed by atoms with Gasteiger partial charge in [0.15, 0.2) is 0 Å². The molecule has 1 aliphatic rings. The molecule has 1 fully saturated rings. The SMILES string of the molecule is CC1CCCC(CN)(NC(C)C(C)CO)C1. The Morgan fingerprint density at radius 1 is 1.50 bits per heavy atom. The van der Waals surface area contributed by atoms with Crippen LogP contribution in [0.2, 0.25) is 0 Å². The Bertz CT molecular complexity index is 210. The predicted molar refractivity (Wildman–Crippen MR) is 68.3 cm³/mol. The van der Waals surface area contributed by atoms with E-state index in [4.69, 9.17) is 5.73 Å². The van der Waals surface area contributed by atoms with Crippen molar-refractivity contribution in [2.24, 2.45) is 17.6 Å². The molecule has 0 spiro atoms. The van der Waals surface area contributed by atoms with E-state index < -0.39 is 0 Å². The van der Waals surface area contributed by atoms with E-state index in [2.05, 4.69) is 26.1 Å². The quantitative estimate of drug-likeness (QED) is 0.668. The summed E-state index contributed by atoms with van der Waals surface area (Å²) in [7, 11) is 0. The molecule has 0 radical (unpaired) electrons. The third-order valence-corrected chi connectivity index (χ3v) is 4.16. The number of hydrogen-bond donors (Lipinski definition) is 3. The lowest BCUT2D eigenvalue weighted by atomic mass is 9.75. The largest absolute Gasteiger partial charge is 0.396 e. The Kier molecular flexibility index (Phi) is 5.22. The maximum atomic E-state index is 9.17. The molecule has 0 saturated heterocycles. The second-order valence-electron chi connectivity index (χ2n) is 5.78. The molecule has 0 amide bonds. The summed E-state index contributed by atoms with van der Waals surface area (Å²) in [6.07, 6.45) is 4.95. The van der Waals surface area contributed by atoms with Crippen LogP contribution >= 0.6 is 0 Å². The van der Waals surface area contributed by atoms with Crippen LogP contribution in [-0.2, 0) is 0 Å². The fourth-order valence-electron chi connectivity index (χ4n) is 2.82. The van der Waals surface area contributed by atoms with E-state index in [1.54, 1.807) is 0 Å². The van der Waals surface area contributed by atoms with E-state index >= 15 is 0 Å². The number of nitrogens with one attached hydrogen (secondary N) is 1. The number of aliphatic hydroxyl groups is 1. The summed E-state index contributed by atoms with van der Waals surface area (Å²) in [4.78, 5) is 0. The van der Waals surface area contributed by atoms with Crippen molar-refractivity contribution in [3.05, 3.63) is 0 Å². The lowest BCUT2D eigenvalue weighted by molar-refractivity contribution is 0.139. The van der Waals surface area contributed by atoms with Crippen LogP contribution in [-0.4, -0.2) is 29.8 Å². The molecule has 4 N–H and O–H groups in total. The van der Waals surface area contributed by atoms with Crippen molar-refractivity contribution in [1.82, 2.24) is 5.32 Å². The molecule has 1 rings (SSSR count). The van der Waals surface area contributed by atoms with Crippen LogP contribution in [0.4, 0.5) is 0 Å². The van der Waals surface area contributed by atoms with E-state index in [9.17, 15) is 5.11 Å². The van der Waals surface area contributed by atoms with Crippen LogP contribution in [0.1, 0.15) is 46.5 Å². The van der Waals surface area contributed by atoms with Crippen LogP contribution in [0.3, 0.4) is 0 Å². The molecule has 16 heavy (non-hydrogen) atoms. The molecule has 3 heteroatoms. The third kappa shape index (κ3) is 3.44. The summed E-state index contributed by atoms with van der Waals surface area (Å²) in [5, 5.41) is 12.9. The lowest BCUT2D eigenvalue weighted by Gasteiger charge is -2.43. The van der Waals surface area contributed by atoms with Crippen molar-refractivity contribution in [2.75, 3.05) is 13.2 Å². The summed E-state index contributed by atoms with van der Waals surface area (Å²) in [5.41, 5.74) is 6.08. The summed E-state index contributed by atoms with van der Waals surface area (Å²) in [6, 6.07) is 0.332. The van der Waals surface area contributed by atoms with Gasteiger partial charge in [-0.3, -0.25) is 0 Å². The van der Waals surface area contributed by atoms with Crippen LogP contribution in [0.5, 0.6) is 0 Å². The minimum atomic E-state index is 0.112. The highest BCUT2D eigenvalue weighted by atomic mass is 16.3. The van der Waals surface area contributed by atoms with Gasteiger partial charge < -0.3 is 16.2 Å². The summed E-state index contributed by atoms with van der Waals surface area (Å²) in [5.74, 6) is 1.06.